The lowest BCUT2D eigenvalue weighted by Crippen LogP contribution is -2.38. The van der Waals surface area contributed by atoms with E-state index < -0.39 is 5.60 Å². The summed E-state index contributed by atoms with van der Waals surface area (Å²) < 4.78 is 5.82. The van der Waals surface area contributed by atoms with Gasteiger partial charge in [-0.25, -0.2) is 0 Å². The Morgan fingerprint density at radius 2 is 2.00 bits per heavy atom. The van der Waals surface area contributed by atoms with Crippen LogP contribution in [0, 0.1) is 6.92 Å². The predicted molar refractivity (Wildman–Crippen MR) is 77.3 cm³/mol. The Morgan fingerprint density at radius 1 is 1.32 bits per heavy atom. The standard InChI is InChI=1S/C16H25NO2/c1-12-10-14(13(2)17)6-7-15(12)19-11-16(18)8-4-3-5-9-16/h6-7,10,13,18H,3-5,8-9,11,17H2,1-2H3/t13-/m1/s1. The van der Waals surface area contributed by atoms with E-state index in [0.717, 1.165) is 42.6 Å². The van der Waals surface area contributed by atoms with E-state index in [2.05, 4.69) is 6.07 Å². The molecule has 1 fully saturated rings. The van der Waals surface area contributed by atoms with Gasteiger partial charge in [0, 0.05) is 6.04 Å². The third kappa shape index (κ3) is 3.71. The zero-order chi connectivity index (χ0) is 13.9. The molecule has 0 unspecified atom stereocenters. The highest BCUT2D eigenvalue weighted by Crippen LogP contribution is 2.30. The first-order chi connectivity index (χ1) is 9.00. The number of rotatable bonds is 4. The van der Waals surface area contributed by atoms with Crippen LogP contribution in [0.15, 0.2) is 18.2 Å². The van der Waals surface area contributed by atoms with E-state index in [0.29, 0.717) is 6.61 Å². The van der Waals surface area contributed by atoms with E-state index >= 15 is 0 Å². The third-order valence-electron chi connectivity index (χ3n) is 4.01. The zero-order valence-electron chi connectivity index (χ0n) is 12.0. The van der Waals surface area contributed by atoms with Crippen molar-refractivity contribution in [2.75, 3.05) is 6.61 Å². The lowest BCUT2D eigenvalue weighted by Gasteiger charge is -2.32. The highest BCUT2D eigenvalue weighted by Gasteiger charge is 2.30. The number of nitrogens with two attached hydrogens (primary N) is 1. The second-order valence-corrected chi connectivity index (χ2v) is 5.89. The fourth-order valence-electron chi connectivity index (χ4n) is 2.68. The summed E-state index contributed by atoms with van der Waals surface area (Å²) in [7, 11) is 0. The van der Waals surface area contributed by atoms with Crippen molar-refractivity contribution in [2.45, 2.75) is 57.6 Å². The van der Waals surface area contributed by atoms with Crippen LogP contribution in [0.3, 0.4) is 0 Å². The van der Waals surface area contributed by atoms with Crippen LogP contribution in [0.5, 0.6) is 5.75 Å². The summed E-state index contributed by atoms with van der Waals surface area (Å²) in [6, 6.07) is 6.05. The van der Waals surface area contributed by atoms with Crippen molar-refractivity contribution < 1.29 is 9.84 Å². The highest BCUT2D eigenvalue weighted by atomic mass is 16.5. The second kappa shape index (κ2) is 5.93. The van der Waals surface area contributed by atoms with E-state index in [-0.39, 0.29) is 6.04 Å². The molecule has 0 heterocycles. The lowest BCUT2D eigenvalue weighted by atomic mass is 9.85. The van der Waals surface area contributed by atoms with Crippen LogP contribution in [0.25, 0.3) is 0 Å². The van der Waals surface area contributed by atoms with Gasteiger partial charge < -0.3 is 15.6 Å². The molecule has 0 spiro atoms. The van der Waals surface area contributed by atoms with Gasteiger partial charge in [-0.1, -0.05) is 31.4 Å². The molecule has 2 rings (SSSR count). The smallest absolute Gasteiger partial charge is 0.122 e. The summed E-state index contributed by atoms with van der Waals surface area (Å²) in [6.07, 6.45) is 5.13. The molecule has 19 heavy (non-hydrogen) atoms. The molecule has 0 saturated heterocycles. The maximum atomic E-state index is 10.4. The van der Waals surface area contributed by atoms with E-state index in [4.69, 9.17) is 10.5 Å². The minimum Gasteiger partial charge on any atom is -0.490 e. The molecule has 1 aromatic rings. The van der Waals surface area contributed by atoms with Crippen molar-refractivity contribution in [3.8, 4) is 5.75 Å². The van der Waals surface area contributed by atoms with Crippen molar-refractivity contribution in [3.63, 3.8) is 0 Å². The summed E-state index contributed by atoms with van der Waals surface area (Å²) >= 11 is 0. The Labute approximate surface area is 115 Å². The van der Waals surface area contributed by atoms with Crippen molar-refractivity contribution in [1.82, 2.24) is 0 Å². The number of benzene rings is 1. The van der Waals surface area contributed by atoms with Gasteiger partial charge in [0.15, 0.2) is 0 Å². The molecule has 0 amide bonds. The van der Waals surface area contributed by atoms with Gasteiger partial charge in [0.1, 0.15) is 12.4 Å². The maximum absolute atomic E-state index is 10.4. The van der Waals surface area contributed by atoms with Gasteiger partial charge in [0.25, 0.3) is 0 Å². The molecule has 3 nitrogen and oxygen atoms in total. The minimum atomic E-state index is -0.634. The number of hydrogen-bond acceptors (Lipinski definition) is 3. The molecule has 1 aliphatic carbocycles. The third-order valence-corrected chi connectivity index (χ3v) is 4.01. The van der Waals surface area contributed by atoms with Crippen LogP contribution in [0.1, 0.15) is 56.2 Å². The van der Waals surface area contributed by atoms with Gasteiger partial charge >= 0.3 is 0 Å². The number of aryl methyl sites for hydroxylation is 1. The SMILES string of the molecule is Cc1cc([C@@H](C)N)ccc1OCC1(O)CCCCC1. The lowest BCUT2D eigenvalue weighted by molar-refractivity contribution is -0.0340. The fraction of sp³-hybridized carbons (Fsp3) is 0.625. The molecule has 0 bridgehead atoms. The molecule has 1 aromatic carbocycles. The first-order valence-electron chi connectivity index (χ1n) is 7.21. The molecular weight excluding hydrogens is 238 g/mol. The monoisotopic (exact) mass is 263 g/mol. The van der Waals surface area contributed by atoms with Gasteiger partial charge in [-0.2, -0.15) is 0 Å². The number of hydrogen-bond donors (Lipinski definition) is 2. The van der Waals surface area contributed by atoms with Crippen molar-refractivity contribution in [2.24, 2.45) is 5.73 Å². The van der Waals surface area contributed by atoms with E-state index in [9.17, 15) is 5.11 Å². The van der Waals surface area contributed by atoms with Crippen LogP contribution in [0.4, 0.5) is 0 Å². The second-order valence-electron chi connectivity index (χ2n) is 5.89. The molecule has 0 aliphatic heterocycles. The first-order valence-corrected chi connectivity index (χ1v) is 7.21. The predicted octanol–water partition coefficient (Wildman–Crippen LogP) is 3.09. The van der Waals surface area contributed by atoms with Gasteiger partial charge in [-0.3, -0.25) is 0 Å². The normalized spacial score (nSPS) is 20.0. The molecule has 1 saturated carbocycles. The quantitative estimate of drug-likeness (QED) is 0.877. The van der Waals surface area contributed by atoms with Crippen molar-refractivity contribution >= 4 is 0 Å². The van der Waals surface area contributed by atoms with Crippen LogP contribution in [-0.2, 0) is 0 Å². The van der Waals surface area contributed by atoms with Crippen molar-refractivity contribution in [1.29, 1.82) is 0 Å². The van der Waals surface area contributed by atoms with Gasteiger partial charge in [-0.05, 0) is 43.9 Å². The summed E-state index contributed by atoms with van der Waals surface area (Å²) in [5.74, 6) is 0.850. The Balaban J connectivity index is 1.99. The Hall–Kier alpha value is -1.06. The summed E-state index contributed by atoms with van der Waals surface area (Å²) in [4.78, 5) is 0. The molecular formula is C16H25NO2. The molecule has 106 valence electrons. The zero-order valence-corrected chi connectivity index (χ0v) is 12.0. The highest BCUT2D eigenvalue weighted by molar-refractivity contribution is 5.37. The molecule has 1 atom stereocenters. The molecule has 3 heteroatoms. The van der Waals surface area contributed by atoms with Crippen LogP contribution in [-0.4, -0.2) is 17.3 Å². The van der Waals surface area contributed by atoms with Gasteiger partial charge in [0.2, 0.25) is 0 Å². The van der Waals surface area contributed by atoms with E-state index in [1.165, 1.54) is 6.42 Å². The Morgan fingerprint density at radius 3 is 2.58 bits per heavy atom. The molecule has 0 radical (unpaired) electrons. The largest absolute Gasteiger partial charge is 0.490 e. The van der Waals surface area contributed by atoms with E-state index in [1.54, 1.807) is 0 Å². The van der Waals surface area contributed by atoms with Crippen LogP contribution >= 0.6 is 0 Å². The Bertz CT molecular complexity index is 423. The summed E-state index contributed by atoms with van der Waals surface area (Å²) in [6.45, 7) is 4.39. The Kier molecular flexibility index (Phi) is 4.48. The topological polar surface area (TPSA) is 55.5 Å². The molecule has 1 aliphatic rings. The summed E-state index contributed by atoms with van der Waals surface area (Å²) in [5.41, 5.74) is 7.42. The van der Waals surface area contributed by atoms with Gasteiger partial charge in [0.05, 0.1) is 5.60 Å². The van der Waals surface area contributed by atoms with Crippen LogP contribution in [0.2, 0.25) is 0 Å². The van der Waals surface area contributed by atoms with E-state index in [1.807, 2.05) is 26.0 Å². The number of ether oxygens (including phenoxy) is 1. The molecule has 3 N–H and O–H groups in total. The maximum Gasteiger partial charge on any atom is 0.122 e. The average Bonchev–Trinajstić information content (AvgIpc) is 2.38. The summed E-state index contributed by atoms with van der Waals surface area (Å²) in [5, 5.41) is 10.4. The molecule has 0 aromatic heterocycles. The van der Waals surface area contributed by atoms with Gasteiger partial charge in [-0.15, -0.1) is 0 Å². The number of aliphatic hydroxyl groups is 1. The average molecular weight is 263 g/mol. The minimum absolute atomic E-state index is 0.0373. The first kappa shape index (κ1) is 14.4. The van der Waals surface area contributed by atoms with Crippen molar-refractivity contribution in [3.05, 3.63) is 29.3 Å². The van der Waals surface area contributed by atoms with Crippen LogP contribution < -0.4 is 10.5 Å². The fourth-order valence-corrected chi connectivity index (χ4v) is 2.68.